The fourth-order valence-corrected chi connectivity index (χ4v) is 10.7. The van der Waals surface area contributed by atoms with Crippen molar-refractivity contribution in [1.82, 2.24) is 0 Å². The highest BCUT2D eigenvalue weighted by Crippen LogP contribution is 2.60. The maximum atomic E-state index is 6.87. The minimum Gasteiger partial charge on any atom is -0.454 e. The van der Waals surface area contributed by atoms with Crippen molar-refractivity contribution in [3.05, 3.63) is 257 Å². The third-order valence-corrected chi connectivity index (χ3v) is 13.2. The van der Waals surface area contributed by atoms with Gasteiger partial charge in [0.05, 0.1) is 16.8 Å². The topological polar surface area (TPSA) is 16.4 Å². The van der Waals surface area contributed by atoms with Gasteiger partial charge in [-0.3, -0.25) is 0 Å². The van der Waals surface area contributed by atoms with E-state index in [1.165, 1.54) is 61.2 Å². The van der Waals surface area contributed by atoms with Crippen LogP contribution in [0.15, 0.2) is 223 Å². The Balaban J connectivity index is 1.18. The van der Waals surface area contributed by atoms with E-state index in [0.717, 1.165) is 39.0 Å². The number of hydrogen-bond donors (Lipinski definition) is 0. The third-order valence-electron chi connectivity index (χ3n) is 13.2. The molecule has 12 rings (SSSR count). The summed E-state index contributed by atoms with van der Waals surface area (Å²) in [7, 11) is 0. The summed E-state index contributed by atoms with van der Waals surface area (Å²) in [6.07, 6.45) is 0. The first-order valence-corrected chi connectivity index (χ1v) is 20.5. The summed E-state index contributed by atoms with van der Waals surface area (Å²) >= 11 is 0. The Morgan fingerprint density at radius 1 is 0.390 bits per heavy atom. The van der Waals surface area contributed by atoms with Gasteiger partial charge in [0.1, 0.15) is 5.58 Å². The van der Waals surface area contributed by atoms with E-state index < -0.39 is 5.41 Å². The first-order valence-electron chi connectivity index (χ1n) is 20.5. The van der Waals surface area contributed by atoms with Crippen LogP contribution in [0.5, 0.6) is 0 Å². The van der Waals surface area contributed by atoms with Crippen LogP contribution in [0.4, 0.5) is 17.1 Å². The SMILES string of the molecule is CC1(c2ccccc2)c2ccccc2-c2cc(N(c3cccc4c3-c3ccccc3C4(c3ccccc3)c3ccccc3)c3cccc4c3oc3ccccc34)ccc21. The molecular formula is C57H39NO. The van der Waals surface area contributed by atoms with E-state index in [1.54, 1.807) is 0 Å². The molecule has 1 atom stereocenters. The lowest BCUT2D eigenvalue weighted by Gasteiger charge is -2.34. The minimum absolute atomic E-state index is 0.298. The number of anilines is 3. The molecule has 278 valence electrons. The molecule has 0 bridgehead atoms. The van der Waals surface area contributed by atoms with E-state index in [4.69, 9.17) is 4.42 Å². The van der Waals surface area contributed by atoms with Crippen LogP contribution in [-0.2, 0) is 10.8 Å². The summed E-state index contributed by atoms with van der Waals surface area (Å²) < 4.78 is 6.87. The predicted octanol–water partition coefficient (Wildman–Crippen LogP) is 14.8. The fraction of sp³-hybridized carbons (Fsp3) is 0.0526. The van der Waals surface area contributed by atoms with Crippen molar-refractivity contribution in [1.29, 1.82) is 0 Å². The maximum absolute atomic E-state index is 6.87. The zero-order valence-electron chi connectivity index (χ0n) is 32.6. The zero-order chi connectivity index (χ0) is 39.1. The molecule has 2 nitrogen and oxygen atoms in total. The van der Waals surface area contributed by atoms with E-state index >= 15 is 0 Å². The van der Waals surface area contributed by atoms with Gasteiger partial charge >= 0.3 is 0 Å². The summed E-state index contributed by atoms with van der Waals surface area (Å²) in [5, 5.41) is 2.21. The van der Waals surface area contributed by atoms with Crippen LogP contribution in [0.2, 0.25) is 0 Å². The molecule has 0 saturated heterocycles. The lowest BCUT2D eigenvalue weighted by atomic mass is 9.68. The van der Waals surface area contributed by atoms with Crippen molar-refractivity contribution in [2.75, 3.05) is 4.90 Å². The molecule has 9 aromatic carbocycles. The largest absolute Gasteiger partial charge is 0.454 e. The number of hydrogen-bond acceptors (Lipinski definition) is 2. The number of rotatable bonds is 6. The summed E-state index contributed by atoms with van der Waals surface area (Å²) in [5.41, 5.74) is 18.0. The average molecular weight is 754 g/mol. The molecule has 0 spiro atoms. The quantitative estimate of drug-likeness (QED) is 0.168. The van der Waals surface area contributed by atoms with Crippen molar-refractivity contribution in [3.63, 3.8) is 0 Å². The van der Waals surface area contributed by atoms with E-state index in [0.29, 0.717) is 0 Å². The Morgan fingerprint density at radius 3 is 1.68 bits per heavy atom. The monoisotopic (exact) mass is 753 g/mol. The molecule has 0 amide bonds. The van der Waals surface area contributed by atoms with E-state index in [-0.39, 0.29) is 5.41 Å². The van der Waals surface area contributed by atoms with Crippen LogP contribution in [-0.4, -0.2) is 0 Å². The molecule has 0 aliphatic heterocycles. The molecule has 1 heterocycles. The van der Waals surface area contributed by atoms with Crippen LogP contribution in [0.1, 0.15) is 45.9 Å². The number of benzene rings is 9. The lowest BCUT2D eigenvalue weighted by Crippen LogP contribution is -2.28. The van der Waals surface area contributed by atoms with Crippen LogP contribution in [0, 0.1) is 0 Å². The van der Waals surface area contributed by atoms with Gasteiger partial charge in [0, 0.05) is 27.4 Å². The Morgan fingerprint density at radius 2 is 0.932 bits per heavy atom. The summed E-state index contributed by atoms with van der Waals surface area (Å²) in [5.74, 6) is 0. The van der Waals surface area contributed by atoms with Crippen molar-refractivity contribution in [2.45, 2.75) is 17.8 Å². The van der Waals surface area contributed by atoms with E-state index in [9.17, 15) is 0 Å². The van der Waals surface area contributed by atoms with Gasteiger partial charge in [-0.1, -0.05) is 188 Å². The van der Waals surface area contributed by atoms with Crippen LogP contribution in [0.25, 0.3) is 44.2 Å². The van der Waals surface area contributed by atoms with Gasteiger partial charge in [0.2, 0.25) is 0 Å². The highest BCUT2D eigenvalue weighted by atomic mass is 16.3. The van der Waals surface area contributed by atoms with Gasteiger partial charge < -0.3 is 9.32 Å². The Labute approximate surface area is 344 Å². The van der Waals surface area contributed by atoms with Crippen molar-refractivity contribution in [3.8, 4) is 22.3 Å². The summed E-state index contributed by atoms with van der Waals surface area (Å²) in [6, 6.07) is 80.0. The van der Waals surface area contributed by atoms with E-state index in [1.807, 2.05) is 0 Å². The molecule has 2 aliphatic carbocycles. The van der Waals surface area contributed by atoms with Crippen molar-refractivity contribution >= 4 is 39.0 Å². The standard InChI is InChI=1S/C57H39NO/c1-56(38-19-5-2-6-20-38)47-29-14-11-25-42(47)46-37-41(35-36-48(46)56)58(52-33-17-28-44-43-26-13-16-34-53(43)59-55(44)52)51-32-18-31-50-54(51)45-27-12-15-30-49(45)57(50,39-21-7-3-8-22-39)40-23-9-4-10-24-40/h2-37H,1H3. The first kappa shape index (κ1) is 33.7. The smallest absolute Gasteiger partial charge is 0.159 e. The Bertz CT molecular complexity index is 3200. The molecule has 0 N–H and O–H groups in total. The lowest BCUT2D eigenvalue weighted by molar-refractivity contribution is 0.669. The second-order valence-corrected chi connectivity index (χ2v) is 16.1. The molecule has 0 saturated carbocycles. The summed E-state index contributed by atoms with van der Waals surface area (Å²) in [4.78, 5) is 2.47. The van der Waals surface area contributed by atoms with Gasteiger partial charge in [0.25, 0.3) is 0 Å². The Hall–Kier alpha value is -7.42. The number of para-hydroxylation sites is 2. The highest BCUT2D eigenvalue weighted by Gasteiger charge is 2.48. The second-order valence-electron chi connectivity index (χ2n) is 16.1. The number of nitrogens with zero attached hydrogens (tertiary/aromatic N) is 1. The van der Waals surface area contributed by atoms with Gasteiger partial charge in [-0.2, -0.15) is 0 Å². The van der Waals surface area contributed by atoms with Gasteiger partial charge in [0.15, 0.2) is 5.58 Å². The number of fused-ring (bicyclic) bond motifs is 9. The van der Waals surface area contributed by atoms with E-state index in [2.05, 4.69) is 230 Å². The molecule has 1 aromatic heterocycles. The van der Waals surface area contributed by atoms with Crippen LogP contribution >= 0.6 is 0 Å². The average Bonchev–Trinajstić information content (AvgIpc) is 3.93. The minimum atomic E-state index is -0.532. The molecule has 0 radical (unpaired) electrons. The first-order chi connectivity index (χ1) is 29.2. The molecule has 2 heteroatoms. The fourth-order valence-electron chi connectivity index (χ4n) is 10.7. The number of furan rings is 1. The molecule has 59 heavy (non-hydrogen) atoms. The second kappa shape index (κ2) is 12.8. The molecule has 10 aromatic rings. The molecule has 2 aliphatic rings. The van der Waals surface area contributed by atoms with Gasteiger partial charge in [-0.15, -0.1) is 0 Å². The van der Waals surface area contributed by atoms with Crippen LogP contribution < -0.4 is 4.90 Å². The van der Waals surface area contributed by atoms with Gasteiger partial charge in [-0.05, 0) is 92.9 Å². The third kappa shape index (κ3) is 4.63. The molecular weight excluding hydrogens is 715 g/mol. The highest BCUT2D eigenvalue weighted by molar-refractivity contribution is 6.11. The molecule has 1 unspecified atom stereocenters. The predicted molar refractivity (Wildman–Crippen MR) is 243 cm³/mol. The normalized spacial score (nSPS) is 15.7. The zero-order valence-corrected chi connectivity index (χ0v) is 32.6. The van der Waals surface area contributed by atoms with Crippen LogP contribution in [0.3, 0.4) is 0 Å². The summed E-state index contributed by atoms with van der Waals surface area (Å²) in [6.45, 7) is 2.38. The Kier molecular flexibility index (Phi) is 7.31. The van der Waals surface area contributed by atoms with Crippen molar-refractivity contribution < 1.29 is 4.42 Å². The maximum Gasteiger partial charge on any atom is 0.159 e. The van der Waals surface area contributed by atoms with Gasteiger partial charge in [-0.25, -0.2) is 0 Å². The van der Waals surface area contributed by atoms with Crippen molar-refractivity contribution in [2.24, 2.45) is 0 Å². The molecule has 0 fully saturated rings.